The van der Waals surface area contributed by atoms with Crippen LogP contribution in [0.25, 0.3) is 0 Å². The molecule has 0 spiro atoms. The van der Waals surface area contributed by atoms with E-state index in [1.165, 1.54) is 24.0 Å². The lowest BCUT2D eigenvalue weighted by Gasteiger charge is -2.24. The zero-order chi connectivity index (χ0) is 13.9. The normalized spacial score (nSPS) is 21.9. The molecule has 1 heterocycles. The van der Waals surface area contributed by atoms with Crippen LogP contribution >= 0.6 is 0 Å². The highest BCUT2D eigenvalue weighted by atomic mass is 16.2. The second kappa shape index (κ2) is 5.96. The number of amides is 1. The molecule has 1 saturated heterocycles. The smallest absolute Gasteiger partial charge is 0.223 e. The number of rotatable bonds is 5. The van der Waals surface area contributed by atoms with Gasteiger partial charge in [-0.1, -0.05) is 29.8 Å². The Morgan fingerprint density at radius 2 is 2.00 bits per heavy atom. The highest BCUT2D eigenvalue weighted by Crippen LogP contribution is 2.30. The van der Waals surface area contributed by atoms with E-state index in [1.54, 1.807) is 0 Å². The Labute approximate surface area is 121 Å². The molecule has 3 heteroatoms. The van der Waals surface area contributed by atoms with Crippen molar-refractivity contribution in [3.8, 4) is 0 Å². The second-order valence-corrected chi connectivity index (χ2v) is 6.30. The van der Waals surface area contributed by atoms with E-state index < -0.39 is 0 Å². The number of nitrogens with one attached hydrogen (secondary N) is 1. The summed E-state index contributed by atoms with van der Waals surface area (Å²) >= 11 is 0. The van der Waals surface area contributed by atoms with Crippen molar-refractivity contribution in [2.45, 2.75) is 45.2 Å². The van der Waals surface area contributed by atoms with Crippen LogP contribution in [0.3, 0.4) is 0 Å². The minimum atomic E-state index is 0.349. The maximum atomic E-state index is 12.6. The summed E-state index contributed by atoms with van der Waals surface area (Å²) in [6, 6.07) is 9.06. The minimum Gasteiger partial charge on any atom is -0.335 e. The Kier molecular flexibility index (Phi) is 4.06. The average Bonchev–Trinajstić information content (AvgIpc) is 3.15. The summed E-state index contributed by atoms with van der Waals surface area (Å²) in [6.07, 6.45) is 4.23. The molecule has 20 heavy (non-hydrogen) atoms. The van der Waals surface area contributed by atoms with E-state index in [4.69, 9.17) is 0 Å². The molecule has 2 fully saturated rings. The topological polar surface area (TPSA) is 32.3 Å². The molecular weight excluding hydrogens is 248 g/mol. The Morgan fingerprint density at radius 1 is 1.25 bits per heavy atom. The molecule has 1 N–H and O–H groups in total. The van der Waals surface area contributed by atoms with Crippen LogP contribution < -0.4 is 5.32 Å². The largest absolute Gasteiger partial charge is 0.335 e. The summed E-state index contributed by atoms with van der Waals surface area (Å²) in [6.45, 7) is 4.96. The summed E-state index contributed by atoms with van der Waals surface area (Å²) < 4.78 is 0. The summed E-state index contributed by atoms with van der Waals surface area (Å²) in [7, 11) is 0. The molecule has 1 unspecified atom stereocenters. The van der Waals surface area contributed by atoms with Crippen LogP contribution in [-0.4, -0.2) is 29.9 Å². The molecule has 0 radical (unpaired) electrons. The summed E-state index contributed by atoms with van der Waals surface area (Å²) in [5.74, 6) is 0.892. The number of nitrogens with zero attached hydrogens (tertiary/aromatic N) is 1. The molecule has 108 valence electrons. The first-order valence-electron chi connectivity index (χ1n) is 7.78. The monoisotopic (exact) mass is 272 g/mol. The molecule has 3 nitrogen and oxygen atoms in total. The standard InChI is InChI=1S/C17H24N2O/c1-13-2-4-14(5-3-13)12-19(16-6-7-16)17(20)10-15-8-9-18-11-15/h2-5,15-16,18H,6-12H2,1H3. The number of carbonyl (C=O) groups is 1. The van der Waals surface area contributed by atoms with Gasteiger partial charge < -0.3 is 10.2 Å². The second-order valence-electron chi connectivity index (χ2n) is 6.30. The zero-order valence-electron chi connectivity index (χ0n) is 12.3. The van der Waals surface area contributed by atoms with Crippen LogP contribution in [0.4, 0.5) is 0 Å². The lowest BCUT2D eigenvalue weighted by molar-refractivity contribution is -0.133. The SMILES string of the molecule is Cc1ccc(CN(C(=O)CC2CCNC2)C2CC2)cc1. The van der Waals surface area contributed by atoms with Gasteiger partial charge in [0, 0.05) is 19.0 Å². The van der Waals surface area contributed by atoms with Gasteiger partial charge in [-0.05, 0) is 50.8 Å². The Balaban J connectivity index is 1.62. The molecule has 3 rings (SSSR count). The van der Waals surface area contributed by atoms with Gasteiger partial charge in [0.25, 0.3) is 0 Å². The van der Waals surface area contributed by atoms with Gasteiger partial charge in [-0.2, -0.15) is 0 Å². The van der Waals surface area contributed by atoms with Crippen molar-refractivity contribution in [1.29, 1.82) is 0 Å². The lowest BCUT2D eigenvalue weighted by Crippen LogP contribution is -2.34. The quantitative estimate of drug-likeness (QED) is 0.893. The van der Waals surface area contributed by atoms with Gasteiger partial charge in [0.05, 0.1) is 0 Å². The van der Waals surface area contributed by atoms with Crippen molar-refractivity contribution in [3.05, 3.63) is 35.4 Å². The summed E-state index contributed by atoms with van der Waals surface area (Å²) in [5.41, 5.74) is 2.52. The molecule has 1 aromatic carbocycles. The number of aryl methyl sites for hydroxylation is 1. The van der Waals surface area contributed by atoms with Gasteiger partial charge in [0.2, 0.25) is 5.91 Å². The molecule has 1 saturated carbocycles. The number of hydrogen-bond donors (Lipinski definition) is 1. The molecule has 2 aliphatic rings. The molecule has 0 bridgehead atoms. The van der Waals surface area contributed by atoms with E-state index in [0.29, 0.717) is 17.9 Å². The van der Waals surface area contributed by atoms with Gasteiger partial charge in [-0.25, -0.2) is 0 Å². The van der Waals surface area contributed by atoms with Gasteiger partial charge in [0.15, 0.2) is 0 Å². The Bertz CT molecular complexity index is 458. The number of hydrogen-bond acceptors (Lipinski definition) is 2. The fourth-order valence-corrected chi connectivity index (χ4v) is 2.95. The van der Waals surface area contributed by atoms with E-state index >= 15 is 0 Å². The van der Waals surface area contributed by atoms with Crippen molar-refractivity contribution >= 4 is 5.91 Å². The predicted molar refractivity (Wildman–Crippen MR) is 80.3 cm³/mol. The number of carbonyl (C=O) groups excluding carboxylic acids is 1. The Morgan fingerprint density at radius 3 is 2.60 bits per heavy atom. The van der Waals surface area contributed by atoms with Crippen LogP contribution in [0.15, 0.2) is 24.3 Å². The zero-order valence-corrected chi connectivity index (χ0v) is 12.3. The predicted octanol–water partition coefficient (Wildman–Crippen LogP) is 2.49. The third-order valence-corrected chi connectivity index (χ3v) is 4.41. The Hall–Kier alpha value is -1.35. The van der Waals surface area contributed by atoms with Gasteiger partial charge in [-0.15, -0.1) is 0 Å². The summed E-state index contributed by atoms with van der Waals surface area (Å²) in [4.78, 5) is 14.7. The number of benzene rings is 1. The lowest BCUT2D eigenvalue weighted by atomic mass is 10.0. The molecule has 1 atom stereocenters. The fourth-order valence-electron chi connectivity index (χ4n) is 2.95. The molecule has 1 amide bonds. The fraction of sp³-hybridized carbons (Fsp3) is 0.588. The van der Waals surface area contributed by atoms with Crippen LogP contribution in [0.2, 0.25) is 0 Å². The maximum Gasteiger partial charge on any atom is 0.223 e. The third kappa shape index (κ3) is 3.40. The third-order valence-electron chi connectivity index (χ3n) is 4.41. The highest BCUT2D eigenvalue weighted by molar-refractivity contribution is 5.77. The van der Waals surface area contributed by atoms with Gasteiger partial charge in [-0.3, -0.25) is 4.79 Å². The van der Waals surface area contributed by atoms with E-state index in [0.717, 1.165) is 32.5 Å². The summed E-state index contributed by atoms with van der Waals surface area (Å²) in [5, 5.41) is 3.35. The average molecular weight is 272 g/mol. The van der Waals surface area contributed by atoms with Crippen molar-refractivity contribution in [1.82, 2.24) is 10.2 Å². The highest BCUT2D eigenvalue weighted by Gasteiger charge is 2.33. The first kappa shape index (κ1) is 13.6. The maximum absolute atomic E-state index is 12.6. The first-order chi connectivity index (χ1) is 9.72. The van der Waals surface area contributed by atoms with E-state index in [1.807, 2.05) is 0 Å². The van der Waals surface area contributed by atoms with E-state index in [9.17, 15) is 4.79 Å². The van der Waals surface area contributed by atoms with Crippen LogP contribution in [0.5, 0.6) is 0 Å². The minimum absolute atomic E-state index is 0.349. The molecular formula is C17H24N2O. The van der Waals surface area contributed by atoms with Crippen molar-refractivity contribution in [3.63, 3.8) is 0 Å². The molecule has 1 aromatic rings. The van der Waals surface area contributed by atoms with Crippen molar-refractivity contribution in [2.75, 3.05) is 13.1 Å². The van der Waals surface area contributed by atoms with Gasteiger partial charge in [0.1, 0.15) is 0 Å². The van der Waals surface area contributed by atoms with Crippen molar-refractivity contribution < 1.29 is 4.79 Å². The molecule has 0 aromatic heterocycles. The van der Waals surface area contributed by atoms with E-state index in [2.05, 4.69) is 41.4 Å². The van der Waals surface area contributed by atoms with Crippen LogP contribution in [-0.2, 0) is 11.3 Å². The molecule has 1 aliphatic carbocycles. The van der Waals surface area contributed by atoms with E-state index in [-0.39, 0.29) is 0 Å². The first-order valence-corrected chi connectivity index (χ1v) is 7.78. The molecule has 1 aliphatic heterocycles. The van der Waals surface area contributed by atoms with Crippen LogP contribution in [0.1, 0.15) is 36.8 Å². The van der Waals surface area contributed by atoms with Crippen LogP contribution in [0, 0.1) is 12.8 Å². The van der Waals surface area contributed by atoms with Crippen molar-refractivity contribution in [2.24, 2.45) is 5.92 Å². The van der Waals surface area contributed by atoms with Gasteiger partial charge >= 0.3 is 0 Å².